The molecule has 0 saturated heterocycles. The molecule has 0 bridgehead atoms. The van der Waals surface area contributed by atoms with E-state index in [0.717, 1.165) is 5.56 Å². The third-order valence-corrected chi connectivity index (χ3v) is 5.41. The summed E-state index contributed by atoms with van der Waals surface area (Å²) in [5.74, 6) is 1.04. The molecule has 0 aliphatic carbocycles. The average Bonchev–Trinajstić information content (AvgIpc) is 2.52. The van der Waals surface area contributed by atoms with Crippen LogP contribution in [-0.4, -0.2) is 18.5 Å². The molecule has 0 unspecified atom stereocenters. The highest BCUT2D eigenvalue weighted by Gasteiger charge is 2.17. The van der Waals surface area contributed by atoms with Crippen LogP contribution in [0, 0.1) is 0 Å². The highest BCUT2D eigenvalue weighted by molar-refractivity contribution is 9.13. The third-order valence-electron chi connectivity index (χ3n) is 2.90. The van der Waals surface area contributed by atoms with Crippen LogP contribution in [0.4, 0.5) is 0 Å². The minimum atomic E-state index is 0.300. The van der Waals surface area contributed by atoms with Gasteiger partial charge < -0.3 is 14.7 Å². The smallest absolute Gasteiger partial charge is 0.177 e. The van der Waals surface area contributed by atoms with E-state index in [2.05, 4.69) is 37.0 Å². The molecular weight excluding hydrogens is 437 g/mol. The Bertz CT molecular complexity index is 707. The van der Waals surface area contributed by atoms with Crippen LogP contribution in [0.2, 0.25) is 5.02 Å². The molecule has 0 atom stereocenters. The van der Waals surface area contributed by atoms with E-state index in [1.807, 2.05) is 24.3 Å². The van der Waals surface area contributed by atoms with E-state index in [4.69, 9.17) is 26.3 Å². The zero-order valence-corrected chi connectivity index (χ0v) is 15.4. The Balaban J connectivity index is 2.34. The van der Waals surface area contributed by atoms with Gasteiger partial charge >= 0.3 is 0 Å². The first-order valence-corrected chi connectivity index (χ1v) is 8.14. The molecule has 0 heterocycles. The normalized spacial score (nSPS) is 10.9. The van der Waals surface area contributed by atoms with Crippen molar-refractivity contribution >= 4 is 49.7 Å². The van der Waals surface area contributed by atoms with Crippen LogP contribution < -0.4 is 9.47 Å². The van der Waals surface area contributed by atoms with E-state index in [9.17, 15) is 0 Å². The summed E-state index contributed by atoms with van der Waals surface area (Å²) in [5, 5.41) is 12.4. The van der Waals surface area contributed by atoms with Gasteiger partial charge in [0.05, 0.1) is 17.8 Å². The molecule has 7 heteroatoms. The second-order valence-electron chi connectivity index (χ2n) is 4.25. The molecule has 4 nitrogen and oxygen atoms in total. The number of benzene rings is 2. The lowest BCUT2D eigenvalue weighted by Gasteiger charge is -2.15. The van der Waals surface area contributed by atoms with Gasteiger partial charge in [-0.15, -0.1) is 0 Å². The van der Waals surface area contributed by atoms with Crippen LogP contribution in [0.3, 0.4) is 0 Å². The quantitative estimate of drug-likeness (QED) is 0.385. The zero-order chi connectivity index (χ0) is 16.1. The summed E-state index contributed by atoms with van der Waals surface area (Å²) in [5.41, 5.74) is 1.52. The van der Waals surface area contributed by atoms with Crippen molar-refractivity contribution in [3.8, 4) is 11.5 Å². The zero-order valence-electron chi connectivity index (χ0n) is 11.5. The number of hydrogen-bond donors (Lipinski definition) is 1. The number of rotatable bonds is 5. The van der Waals surface area contributed by atoms with E-state index in [1.165, 1.54) is 13.3 Å². The monoisotopic (exact) mass is 447 g/mol. The van der Waals surface area contributed by atoms with Gasteiger partial charge in [0.2, 0.25) is 0 Å². The predicted molar refractivity (Wildman–Crippen MR) is 93.6 cm³/mol. The molecule has 2 aromatic carbocycles. The third kappa shape index (κ3) is 3.74. The van der Waals surface area contributed by atoms with Crippen LogP contribution in [0.1, 0.15) is 11.1 Å². The fraction of sp³-hybridized carbons (Fsp3) is 0.133. The van der Waals surface area contributed by atoms with Crippen molar-refractivity contribution in [1.29, 1.82) is 0 Å². The number of halogens is 3. The molecule has 0 aromatic heterocycles. The lowest BCUT2D eigenvalue weighted by atomic mass is 10.2. The molecule has 116 valence electrons. The van der Waals surface area contributed by atoms with Crippen molar-refractivity contribution in [2.75, 3.05) is 7.11 Å². The van der Waals surface area contributed by atoms with Gasteiger partial charge in [-0.3, -0.25) is 0 Å². The Hall–Kier alpha value is -1.24. The molecule has 0 saturated carbocycles. The topological polar surface area (TPSA) is 51.0 Å². The minimum Gasteiger partial charge on any atom is -0.493 e. The van der Waals surface area contributed by atoms with Gasteiger partial charge in [-0.25, -0.2) is 0 Å². The standard InChI is InChI=1S/C15H12Br2ClNO3/c1-21-12-6-10(7-19-20)13(16)14(17)15(12)22-8-9-4-2-3-5-11(9)18/h2-7,20H,8H2,1H3/b19-7-. The van der Waals surface area contributed by atoms with Gasteiger partial charge in [0.15, 0.2) is 11.5 Å². The Labute approximate surface area is 149 Å². The Morgan fingerprint density at radius 3 is 2.64 bits per heavy atom. The summed E-state index contributed by atoms with van der Waals surface area (Å²) in [6.07, 6.45) is 1.30. The molecule has 0 fully saturated rings. The van der Waals surface area contributed by atoms with Crippen molar-refractivity contribution in [2.45, 2.75) is 6.61 Å². The van der Waals surface area contributed by atoms with E-state index < -0.39 is 0 Å². The number of nitrogens with zero attached hydrogens (tertiary/aromatic N) is 1. The van der Waals surface area contributed by atoms with Crippen molar-refractivity contribution in [3.63, 3.8) is 0 Å². The summed E-state index contributed by atoms with van der Waals surface area (Å²) in [6.45, 7) is 0.300. The number of hydrogen-bond acceptors (Lipinski definition) is 4. The Morgan fingerprint density at radius 2 is 2.00 bits per heavy atom. The molecule has 0 spiro atoms. The first kappa shape index (κ1) is 17.1. The fourth-order valence-electron chi connectivity index (χ4n) is 1.81. The van der Waals surface area contributed by atoms with Crippen LogP contribution in [0.15, 0.2) is 44.4 Å². The molecule has 0 amide bonds. The number of oxime groups is 1. The largest absolute Gasteiger partial charge is 0.493 e. The van der Waals surface area contributed by atoms with Crippen LogP contribution in [-0.2, 0) is 6.61 Å². The van der Waals surface area contributed by atoms with Gasteiger partial charge in [-0.05, 0) is 44.0 Å². The Morgan fingerprint density at radius 1 is 1.27 bits per heavy atom. The first-order valence-electron chi connectivity index (χ1n) is 6.18. The molecule has 2 rings (SSSR count). The van der Waals surface area contributed by atoms with Crippen molar-refractivity contribution in [1.82, 2.24) is 0 Å². The lowest BCUT2D eigenvalue weighted by Crippen LogP contribution is -2.01. The summed E-state index contributed by atoms with van der Waals surface area (Å²) in [7, 11) is 1.54. The minimum absolute atomic E-state index is 0.300. The van der Waals surface area contributed by atoms with Crippen molar-refractivity contribution in [2.24, 2.45) is 5.16 Å². The Kier molecular flexibility index (Phi) is 6.11. The van der Waals surface area contributed by atoms with Gasteiger partial charge in [0.1, 0.15) is 6.61 Å². The van der Waals surface area contributed by atoms with Crippen molar-refractivity contribution in [3.05, 3.63) is 55.4 Å². The SMILES string of the molecule is COc1cc(/C=N\O)c(Br)c(Br)c1OCc1ccccc1Cl. The highest BCUT2D eigenvalue weighted by Crippen LogP contribution is 2.42. The van der Waals surface area contributed by atoms with Gasteiger partial charge in [0.25, 0.3) is 0 Å². The molecule has 0 aliphatic rings. The van der Waals surface area contributed by atoms with Crippen molar-refractivity contribution < 1.29 is 14.7 Å². The molecule has 2 aromatic rings. The summed E-state index contributed by atoms with van der Waals surface area (Å²) >= 11 is 13.0. The lowest BCUT2D eigenvalue weighted by molar-refractivity contribution is 0.282. The second-order valence-corrected chi connectivity index (χ2v) is 6.24. The summed E-state index contributed by atoms with van der Waals surface area (Å²) in [6, 6.07) is 9.17. The maximum Gasteiger partial charge on any atom is 0.177 e. The summed E-state index contributed by atoms with van der Waals surface area (Å²) < 4.78 is 12.5. The summed E-state index contributed by atoms with van der Waals surface area (Å²) in [4.78, 5) is 0. The first-order chi connectivity index (χ1) is 10.6. The van der Waals surface area contributed by atoms with Crippen LogP contribution in [0.25, 0.3) is 0 Å². The maximum absolute atomic E-state index is 8.70. The van der Waals surface area contributed by atoms with E-state index in [0.29, 0.717) is 37.6 Å². The molecular formula is C15H12Br2ClNO3. The van der Waals surface area contributed by atoms with E-state index in [1.54, 1.807) is 6.07 Å². The highest BCUT2D eigenvalue weighted by atomic mass is 79.9. The molecule has 0 radical (unpaired) electrons. The maximum atomic E-state index is 8.70. The van der Waals surface area contributed by atoms with Crippen LogP contribution in [0.5, 0.6) is 11.5 Å². The average molecular weight is 450 g/mol. The number of methoxy groups -OCH3 is 1. The second kappa shape index (κ2) is 7.85. The van der Waals surface area contributed by atoms with E-state index in [-0.39, 0.29) is 0 Å². The molecule has 22 heavy (non-hydrogen) atoms. The van der Waals surface area contributed by atoms with Crippen LogP contribution >= 0.6 is 43.5 Å². The number of ether oxygens (including phenoxy) is 2. The molecule has 1 N–H and O–H groups in total. The van der Waals surface area contributed by atoms with E-state index >= 15 is 0 Å². The van der Waals surface area contributed by atoms with Gasteiger partial charge in [-0.2, -0.15) is 0 Å². The predicted octanol–water partition coefficient (Wildman–Crippen LogP) is 5.26. The molecule has 0 aliphatic heterocycles. The van der Waals surface area contributed by atoms with Gasteiger partial charge in [0, 0.05) is 20.6 Å². The van der Waals surface area contributed by atoms with Gasteiger partial charge in [-0.1, -0.05) is 35.0 Å². The fourth-order valence-corrected chi connectivity index (χ4v) is 2.94.